The van der Waals surface area contributed by atoms with Crippen molar-refractivity contribution in [2.75, 3.05) is 5.32 Å². The van der Waals surface area contributed by atoms with Crippen molar-refractivity contribution in [3.8, 4) is 0 Å². The number of aromatic nitrogens is 1. The Labute approximate surface area is 140 Å². The quantitative estimate of drug-likeness (QED) is 0.921. The molecule has 4 rings (SSSR count). The number of carbonyl (C=O) groups is 2. The van der Waals surface area contributed by atoms with Gasteiger partial charge in [-0.05, 0) is 37.5 Å². The lowest BCUT2D eigenvalue weighted by Crippen LogP contribution is -2.48. The van der Waals surface area contributed by atoms with E-state index in [9.17, 15) is 9.59 Å². The fourth-order valence-corrected chi connectivity index (χ4v) is 4.63. The lowest BCUT2D eigenvalue weighted by Gasteiger charge is -2.29. The van der Waals surface area contributed by atoms with Crippen LogP contribution in [0.4, 0.5) is 5.13 Å². The molecule has 5 atom stereocenters. The normalized spacial score (nSPS) is 37.4. The largest absolute Gasteiger partial charge is 0.327 e. The van der Waals surface area contributed by atoms with Gasteiger partial charge in [0.15, 0.2) is 5.13 Å². The summed E-state index contributed by atoms with van der Waals surface area (Å²) in [6.07, 6.45) is 5.54. The molecule has 5 nitrogen and oxygen atoms in total. The highest BCUT2D eigenvalue weighted by Crippen LogP contribution is 2.57. The van der Waals surface area contributed by atoms with Crippen molar-refractivity contribution in [1.82, 2.24) is 9.88 Å². The minimum atomic E-state index is -0.315. The van der Waals surface area contributed by atoms with E-state index >= 15 is 0 Å². The van der Waals surface area contributed by atoms with Crippen LogP contribution in [0.1, 0.15) is 44.9 Å². The maximum atomic E-state index is 12.9. The predicted molar refractivity (Wildman–Crippen MR) is 89.2 cm³/mol. The lowest BCUT2D eigenvalue weighted by atomic mass is 10.0. The molecule has 6 heteroatoms. The number of likely N-dealkylation sites (tertiary alicyclic amines) is 1. The first-order chi connectivity index (χ1) is 10.9. The monoisotopic (exact) mass is 333 g/mol. The molecule has 0 spiro atoms. The summed E-state index contributed by atoms with van der Waals surface area (Å²) in [5, 5.41) is 3.57. The van der Waals surface area contributed by atoms with Crippen LogP contribution in [0.2, 0.25) is 0 Å². The van der Waals surface area contributed by atoms with E-state index in [2.05, 4.69) is 24.1 Å². The third-order valence-electron chi connectivity index (χ3n) is 5.92. The summed E-state index contributed by atoms with van der Waals surface area (Å²) in [5.41, 5.74) is -0.243. The molecule has 23 heavy (non-hydrogen) atoms. The molecule has 2 aliphatic carbocycles. The number of amides is 2. The third-order valence-corrected chi connectivity index (χ3v) is 6.98. The van der Waals surface area contributed by atoms with Crippen LogP contribution in [0.25, 0.3) is 0 Å². The second-order valence-corrected chi connectivity index (χ2v) is 8.64. The number of nitrogens with one attached hydrogen (secondary N) is 1. The molecule has 0 bridgehead atoms. The standard InChI is InChI=1S/C17H23N3O2S/c1-4-11-8-18-16(23-11)19-14(21)13-6-10-5-12(10)20(13)15(22)17(3)7-9(17)2/h8-10,12-13H,4-7H2,1-3H3,(H,18,19,21)/t9?,10-,12-,13-,17?/m0/s1. The number of aryl methyl sites for hydroxylation is 1. The molecule has 0 radical (unpaired) electrons. The molecule has 1 aromatic rings. The molecule has 2 amide bonds. The van der Waals surface area contributed by atoms with Crippen LogP contribution in [0.15, 0.2) is 6.20 Å². The Balaban J connectivity index is 1.49. The van der Waals surface area contributed by atoms with Crippen LogP contribution in [0, 0.1) is 17.3 Å². The first-order valence-corrected chi connectivity index (χ1v) is 9.34. The molecule has 1 aliphatic heterocycles. The van der Waals surface area contributed by atoms with E-state index in [0.29, 0.717) is 23.0 Å². The SMILES string of the molecule is CCc1cnc(NC(=O)[C@@H]2C[C@@H]3C[C@@H]3N2C(=O)C2(C)CC2C)s1. The Morgan fingerprint density at radius 1 is 1.48 bits per heavy atom. The van der Waals surface area contributed by atoms with Gasteiger partial charge in [-0.15, -0.1) is 11.3 Å². The zero-order chi connectivity index (χ0) is 16.4. The maximum absolute atomic E-state index is 12.9. The molecule has 0 aromatic carbocycles. The van der Waals surface area contributed by atoms with Crippen molar-refractivity contribution in [3.63, 3.8) is 0 Å². The van der Waals surface area contributed by atoms with Gasteiger partial charge in [-0.3, -0.25) is 9.59 Å². The maximum Gasteiger partial charge on any atom is 0.248 e. The summed E-state index contributed by atoms with van der Waals surface area (Å²) in [7, 11) is 0. The zero-order valence-corrected chi connectivity index (χ0v) is 14.7. The topological polar surface area (TPSA) is 62.3 Å². The zero-order valence-electron chi connectivity index (χ0n) is 13.8. The van der Waals surface area contributed by atoms with Gasteiger partial charge in [0.2, 0.25) is 11.8 Å². The first kappa shape index (κ1) is 15.1. The summed E-state index contributed by atoms with van der Waals surface area (Å²) in [4.78, 5) is 32.9. The highest BCUT2D eigenvalue weighted by atomic mass is 32.1. The Hall–Kier alpha value is -1.43. The molecule has 1 aromatic heterocycles. The van der Waals surface area contributed by atoms with E-state index in [1.54, 1.807) is 0 Å². The Morgan fingerprint density at radius 3 is 2.83 bits per heavy atom. The average molecular weight is 333 g/mol. The van der Waals surface area contributed by atoms with Gasteiger partial charge in [0.05, 0.1) is 0 Å². The van der Waals surface area contributed by atoms with Crippen LogP contribution in [0.3, 0.4) is 0 Å². The highest BCUT2D eigenvalue weighted by molar-refractivity contribution is 7.15. The Bertz CT molecular complexity index is 673. The van der Waals surface area contributed by atoms with Crippen LogP contribution >= 0.6 is 11.3 Å². The number of anilines is 1. The molecule has 124 valence electrons. The summed E-state index contributed by atoms with van der Waals surface area (Å²) >= 11 is 1.51. The fourth-order valence-electron chi connectivity index (χ4n) is 3.87. The lowest BCUT2D eigenvalue weighted by molar-refractivity contribution is -0.142. The van der Waals surface area contributed by atoms with Gasteiger partial charge in [0, 0.05) is 22.5 Å². The number of hydrogen-bond donors (Lipinski definition) is 1. The molecular formula is C17H23N3O2S. The molecule has 2 heterocycles. The number of hydrogen-bond acceptors (Lipinski definition) is 4. The van der Waals surface area contributed by atoms with Crippen molar-refractivity contribution < 1.29 is 9.59 Å². The summed E-state index contributed by atoms with van der Waals surface area (Å²) < 4.78 is 0. The van der Waals surface area contributed by atoms with Crippen LogP contribution < -0.4 is 5.32 Å². The van der Waals surface area contributed by atoms with Crippen molar-refractivity contribution in [2.24, 2.45) is 17.3 Å². The molecule has 2 saturated carbocycles. The molecular weight excluding hydrogens is 310 g/mol. The van der Waals surface area contributed by atoms with E-state index in [1.165, 1.54) is 11.3 Å². The highest BCUT2D eigenvalue weighted by Gasteiger charge is 2.63. The predicted octanol–water partition coefficient (Wildman–Crippen LogP) is 2.68. The average Bonchev–Trinajstić information content (AvgIpc) is 3.28. The molecule has 3 aliphatic rings. The van der Waals surface area contributed by atoms with Gasteiger partial charge in [0.1, 0.15) is 6.04 Å². The number of rotatable bonds is 4. The van der Waals surface area contributed by atoms with Gasteiger partial charge in [-0.25, -0.2) is 4.98 Å². The van der Waals surface area contributed by atoms with E-state index < -0.39 is 0 Å². The Morgan fingerprint density at radius 2 is 2.22 bits per heavy atom. The second kappa shape index (κ2) is 5.03. The van der Waals surface area contributed by atoms with Gasteiger partial charge < -0.3 is 10.2 Å². The van der Waals surface area contributed by atoms with Gasteiger partial charge >= 0.3 is 0 Å². The second-order valence-electron chi connectivity index (χ2n) is 7.52. The van der Waals surface area contributed by atoms with E-state index in [-0.39, 0.29) is 23.3 Å². The van der Waals surface area contributed by atoms with Crippen molar-refractivity contribution >= 4 is 28.3 Å². The summed E-state index contributed by atoms with van der Waals surface area (Å²) in [6.45, 7) is 6.23. The minimum Gasteiger partial charge on any atom is -0.327 e. The molecule has 3 fully saturated rings. The fraction of sp³-hybridized carbons (Fsp3) is 0.706. The summed E-state index contributed by atoms with van der Waals surface area (Å²) in [5.74, 6) is 1.07. The molecule has 1 saturated heterocycles. The van der Waals surface area contributed by atoms with E-state index in [4.69, 9.17) is 0 Å². The molecule has 2 unspecified atom stereocenters. The van der Waals surface area contributed by atoms with Crippen molar-refractivity contribution in [2.45, 2.75) is 58.5 Å². The minimum absolute atomic E-state index is 0.0699. The smallest absolute Gasteiger partial charge is 0.248 e. The Kier molecular flexibility index (Phi) is 3.31. The van der Waals surface area contributed by atoms with Gasteiger partial charge in [0.25, 0.3) is 0 Å². The summed E-state index contributed by atoms with van der Waals surface area (Å²) in [6, 6.07) is -0.0183. The third kappa shape index (κ3) is 2.38. The van der Waals surface area contributed by atoms with Crippen LogP contribution in [0.5, 0.6) is 0 Å². The number of piperidine rings is 1. The van der Waals surface area contributed by atoms with Gasteiger partial charge in [-0.1, -0.05) is 20.8 Å². The van der Waals surface area contributed by atoms with Crippen LogP contribution in [-0.4, -0.2) is 33.8 Å². The number of carbonyl (C=O) groups excluding carboxylic acids is 2. The van der Waals surface area contributed by atoms with Crippen LogP contribution in [-0.2, 0) is 16.0 Å². The number of fused-ring (bicyclic) bond motifs is 1. The van der Waals surface area contributed by atoms with Crippen molar-refractivity contribution in [1.29, 1.82) is 0 Å². The van der Waals surface area contributed by atoms with Crippen molar-refractivity contribution in [3.05, 3.63) is 11.1 Å². The first-order valence-electron chi connectivity index (χ1n) is 8.52. The van der Waals surface area contributed by atoms with Gasteiger partial charge in [-0.2, -0.15) is 0 Å². The number of thiazole rings is 1. The van der Waals surface area contributed by atoms with E-state index in [1.807, 2.05) is 18.0 Å². The van der Waals surface area contributed by atoms with E-state index in [0.717, 1.165) is 30.6 Å². The molecule has 1 N–H and O–H groups in total. The number of nitrogens with zero attached hydrogens (tertiary/aromatic N) is 2.